The molecule has 1 fully saturated rings. The van der Waals surface area contributed by atoms with Gasteiger partial charge in [-0.15, -0.1) is 0 Å². The summed E-state index contributed by atoms with van der Waals surface area (Å²) in [6.45, 7) is 6.33. The predicted octanol–water partition coefficient (Wildman–Crippen LogP) is 1.11. The van der Waals surface area contributed by atoms with Gasteiger partial charge in [0.25, 0.3) is 0 Å². The van der Waals surface area contributed by atoms with E-state index >= 15 is 0 Å². The molecular formula is C15H19NO5. The molecule has 2 aliphatic heterocycles. The van der Waals surface area contributed by atoms with Crippen LogP contribution < -0.4 is 0 Å². The van der Waals surface area contributed by atoms with Gasteiger partial charge in [0, 0.05) is 18.8 Å². The molecule has 0 aliphatic carbocycles. The second-order valence-electron chi connectivity index (χ2n) is 6.06. The first-order chi connectivity index (χ1) is 9.73. The maximum atomic E-state index is 11.9. The topological polar surface area (TPSA) is 65.1 Å². The maximum absolute atomic E-state index is 11.9. The van der Waals surface area contributed by atoms with Gasteiger partial charge >= 0.3 is 12.1 Å². The number of nitrogens with zero attached hydrogens (tertiary/aromatic N) is 1. The average Bonchev–Trinajstić information content (AvgIpc) is 2.72. The van der Waals surface area contributed by atoms with Crippen LogP contribution in [-0.2, 0) is 19.0 Å². The molecule has 2 rings (SSSR count). The van der Waals surface area contributed by atoms with Crippen molar-refractivity contribution < 1.29 is 23.8 Å². The zero-order valence-electron chi connectivity index (χ0n) is 12.7. The fraction of sp³-hybridized carbons (Fsp3) is 0.600. The SMILES string of the molecule is COC1(C#CC2=CC(=O)OC2)CN(C(=O)OC(C)(C)C)C1. The predicted molar refractivity (Wildman–Crippen MR) is 74.4 cm³/mol. The van der Waals surface area contributed by atoms with Gasteiger partial charge in [0.1, 0.15) is 12.2 Å². The van der Waals surface area contributed by atoms with Crippen molar-refractivity contribution in [3.63, 3.8) is 0 Å². The van der Waals surface area contributed by atoms with Gasteiger partial charge in [-0.25, -0.2) is 9.59 Å². The molecule has 0 aromatic heterocycles. The Morgan fingerprint density at radius 2 is 2.10 bits per heavy atom. The minimum absolute atomic E-state index is 0.196. The lowest BCUT2D eigenvalue weighted by atomic mass is 9.94. The fourth-order valence-electron chi connectivity index (χ4n) is 1.93. The Labute approximate surface area is 124 Å². The zero-order valence-corrected chi connectivity index (χ0v) is 12.7. The third-order valence-corrected chi connectivity index (χ3v) is 3.05. The standard InChI is InChI=1S/C15H19NO5/c1-14(2,3)21-13(18)16-9-15(10-16,19-4)6-5-11-7-12(17)20-8-11/h7H,8-10H2,1-4H3. The second kappa shape index (κ2) is 5.41. The van der Waals surface area contributed by atoms with Gasteiger partial charge in [-0.1, -0.05) is 11.8 Å². The maximum Gasteiger partial charge on any atom is 0.410 e. The number of carbonyl (C=O) groups is 2. The Kier molecular flexibility index (Phi) is 3.97. The minimum atomic E-state index is -0.705. The highest BCUT2D eigenvalue weighted by molar-refractivity contribution is 5.86. The largest absolute Gasteiger partial charge is 0.457 e. The number of rotatable bonds is 1. The van der Waals surface area contributed by atoms with E-state index in [4.69, 9.17) is 14.2 Å². The average molecular weight is 293 g/mol. The molecule has 21 heavy (non-hydrogen) atoms. The van der Waals surface area contributed by atoms with Crippen LogP contribution in [0.3, 0.4) is 0 Å². The van der Waals surface area contributed by atoms with Crippen molar-refractivity contribution >= 4 is 12.1 Å². The molecule has 0 bridgehead atoms. The summed E-state index contributed by atoms with van der Waals surface area (Å²) in [7, 11) is 1.55. The van der Waals surface area contributed by atoms with E-state index in [0.29, 0.717) is 18.7 Å². The van der Waals surface area contributed by atoms with Gasteiger partial charge in [-0.2, -0.15) is 0 Å². The van der Waals surface area contributed by atoms with Crippen LogP contribution in [0, 0.1) is 11.8 Å². The summed E-state index contributed by atoms with van der Waals surface area (Å²) in [6.07, 6.45) is 0.983. The number of hydrogen-bond donors (Lipinski definition) is 0. The van der Waals surface area contributed by atoms with E-state index in [9.17, 15) is 9.59 Å². The summed E-state index contributed by atoms with van der Waals surface area (Å²) in [6, 6.07) is 0. The minimum Gasteiger partial charge on any atom is -0.457 e. The van der Waals surface area contributed by atoms with E-state index in [0.717, 1.165) is 0 Å². The van der Waals surface area contributed by atoms with Crippen LogP contribution in [0.2, 0.25) is 0 Å². The Hall–Kier alpha value is -2.00. The molecule has 0 aromatic carbocycles. The fourth-order valence-corrected chi connectivity index (χ4v) is 1.93. The van der Waals surface area contributed by atoms with Crippen LogP contribution in [0.15, 0.2) is 11.6 Å². The molecule has 2 heterocycles. The second-order valence-corrected chi connectivity index (χ2v) is 6.06. The molecule has 2 aliphatic rings. The molecule has 0 N–H and O–H groups in total. The Balaban J connectivity index is 1.95. The molecule has 6 nitrogen and oxygen atoms in total. The van der Waals surface area contributed by atoms with Crippen molar-refractivity contribution in [1.29, 1.82) is 0 Å². The van der Waals surface area contributed by atoms with Crippen molar-refractivity contribution in [3.8, 4) is 11.8 Å². The molecule has 1 saturated heterocycles. The van der Waals surface area contributed by atoms with Gasteiger partial charge in [-0.05, 0) is 20.8 Å². The summed E-state index contributed by atoms with van der Waals surface area (Å²) in [5.74, 6) is 5.47. The normalized spacial score (nSPS) is 19.9. The third-order valence-electron chi connectivity index (χ3n) is 3.05. The number of hydrogen-bond acceptors (Lipinski definition) is 5. The Morgan fingerprint density at radius 1 is 1.43 bits per heavy atom. The molecule has 0 atom stereocenters. The van der Waals surface area contributed by atoms with E-state index in [-0.39, 0.29) is 18.7 Å². The van der Waals surface area contributed by atoms with E-state index in [1.165, 1.54) is 11.0 Å². The highest BCUT2D eigenvalue weighted by Gasteiger charge is 2.46. The first kappa shape index (κ1) is 15.4. The lowest BCUT2D eigenvalue weighted by Gasteiger charge is -2.45. The monoisotopic (exact) mass is 293 g/mol. The molecule has 0 unspecified atom stereocenters. The third kappa shape index (κ3) is 3.76. The summed E-state index contributed by atoms with van der Waals surface area (Å²) < 4.78 is 15.4. The number of ether oxygens (including phenoxy) is 3. The molecule has 6 heteroatoms. The van der Waals surface area contributed by atoms with Crippen molar-refractivity contribution in [1.82, 2.24) is 4.90 Å². The smallest absolute Gasteiger partial charge is 0.410 e. The Morgan fingerprint density at radius 3 is 2.57 bits per heavy atom. The quantitative estimate of drug-likeness (QED) is 0.535. The molecule has 0 radical (unpaired) electrons. The van der Waals surface area contributed by atoms with Crippen LogP contribution in [-0.4, -0.2) is 55.0 Å². The summed E-state index contributed by atoms with van der Waals surface area (Å²) in [5.41, 5.74) is -0.615. The summed E-state index contributed by atoms with van der Waals surface area (Å²) in [4.78, 5) is 24.3. The van der Waals surface area contributed by atoms with E-state index < -0.39 is 11.2 Å². The molecule has 0 saturated carbocycles. The van der Waals surface area contributed by atoms with Crippen molar-refractivity contribution in [3.05, 3.63) is 11.6 Å². The van der Waals surface area contributed by atoms with Crippen molar-refractivity contribution in [2.45, 2.75) is 32.0 Å². The number of amides is 1. The number of likely N-dealkylation sites (tertiary alicyclic amines) is 1. The Bertz CT molecular complexity index is 541. The van der Waals surface area contributed by atoms with Crippen LogP contribution in [0.25, 0.3) is 0 Å². The molecule has 1 amide bonds. The first-order valence-electron chi connectivity index (χ1n) is 6.67. The van der Waals surface area contributed by atoms with Crippen LogP contribution in [0.4, 0.5) is 4.79 Å². The van der Waals surface area contributed by atoms with Gasteiger partial charge in [0.05, 0.1) is 13.1 Å². The summed E-state index contributed by atoms with van der Waals surface area (Å²) >= 11 is 0. The van der Waals surface area contributed by atoms with Gasteiger partial charge in [0.2, 0.25) is 0 Å². The highest BCUT2D eigenvalue weighted by atomic mass is 16.6. The van der Waals surface area contributed by atoms with Gasteiger partial charge < -0.3 is 19.1 Å². The summed E-state index contributed by atoms with van der Waals surface area (Å²) in [5, 5.41) is 0. The van der Waals surface area contributed by atoms with Crippen molar-refractivity contribution in [2.24, 2.45) is 0 Å². The molecule has 0 spiro atoms. The van der Waals surface area contributed by atoms with Crippen LogP contribution in [0.1, 0.15) is 20.8 Å². The highest BCUT2D eigenvalue weighted by Crippen LogP contribution is 2.26. The van der Waals surface area contributed by atoms with Crippen LogP contribution >= 0.6 is 0 Å². The molecule has 0 aromatic rings. The zero-order chi connectivity index (χ0) is 15.7. The number of carbonyl (C=O) groups excluding carboxylic acids is 2. The van der Waals surface area contributed by atoms with E-state index in [2.05, 4.69) is 11.8 Å². The van der Waals surface area contributed by atoms with E-state index in [1.54, 1.807) is 7.11 Å². The molecule has 114 valence electrons. The number of methoxy groups -OCH3 is 1. The molecular weight excluding hydrogens is 274 g/mol. The lowest BCUT2D eigenvalue weighted by molar-refractivity contribution is -0.134. The van der Waals surface area contributed by atoms with Gasteiger partial charge in [-0.3, -0.25) is 0 Å². The van der Waals surface area contributed by atoms with Crippen molar-refractivity contribution in [2.75, 3.05) is 26.8 Å². The number of esters is 1. The van der Waals surface area contributed by atoms with E-state index in [1.807, 2.05) is 20.8 Å². The number of cyclic esters (lactones) is 1. The van der Waals surface area contributed by atoms with Crippen LogP contribution in [0.5, 0.6) is 0 Å². The van der Waals surface area contributed by atoms with Gasteiger partial charge in [0.15, 0.2) is 5.60 Å². The first-order valence-corrected chi connectivity index (χ1v) is 6.67. The lowest BCUT2D eigenvalue weighted by Crippen LogP contribution is -2.64.